The van der Waals surface area contributed by atoms with Crippen LogP contribution in [-0.4, -0.2) is 42.0 Å². The standard InChI is InChI=1S/C18H18ClN3O/c19-15-4-3-6-17(14-15)21-10-12-22(13-11-21)18(23)8-7-16-5-1-2-9-20-16/h1-9,14H,10-13H2/b8-7+. The fourth-order valence-electron chi connectivity index (χ4n) is 2.59. The Labute approximate surface area is 141 Å². The Kier molecular flexibility index (Phi) is 4.93. The highest BCUT2D eigenvalue weighted by Gasteiger charge is 2.19. The average Bonchev–Trinajstić information content (AvgIpc) is 2.61. The Balaban J connectivity index is 1.56. The highest BCUT2D eigenvalue weighted by atomic mass is 35.5. The zero-order valence-electron chi connectivity index (χ0n) is 12.7. The predicted octanol–water partition coefficient (Wildman–Crippen LogP) is 3.10. The van der Waals surface area contributed by atoms with Gasteiger partial charge in [-0.2, -0.15) is 0 Å². The summed E-state index contributed by atoms with van der Waals surface area (Å²) in [5.74, 6) is 0.0291. The lowest BCUT2D eigenvalue weighted by atomic mass is 10.2. The van der Waals surface area contributed by atoms with Crippen molar-refractivity contribution in [2.75, 3.05) is 31.1 Å². The van der Waals surface area contributed by atoms with Crippen molar-refractivity contribution in [1.82, 2.24) is 9.88 Å². The number of amides is 1. The Morgan fingerprint density at radius 3 is 2.61 bits per heavy atom. The van der Waals surface area contributed by atoms with Crippen LogP contribution in [0.3, 0.4) is 0 Å². The molecule has 0 atom stereocenters. The van der Waals surface area contributed by atoms with Crippen molar-refractivity contribution in [3.63, 3.8) is 0 Å². The number of hydrogen-bond donors (Lipinski definition) is 0. The minimum absolute atomic E-state index is 0.0291. The third-order valence-corrected chi connectivity index (χ3v) is 4.08. The lowest BCUT2D eigenvalue weighted by Gasteiger charge is -2.35. The second-order valence-corrected chi connectivity index (χ2v) is 5.82. The third-order valence-electron chi connectivity index (χ3n) is 3.85. The summed E-state index contributed by atoms with van der Waals surface area (Å²) in [7, 11) is 0. The average molecular weight is 328 g/mol. The molecule has 0 unspecified atom stereocenters. The summed E-state index contributed by atoms with van der Waals surface area (Å²) >= 11 is 6.04. The van der Waals surface area contributed by atoms with Gasteiger partial charge in [0.1, 0.15) is 0 Å². The first kappa shape index (κ1) is 15.6. The fraction of sp³-hybridized carbons (Fsp3) is 0.222. The lowest BCUT2D eigenvalue weighted by Crippen LogP contribution is -2.48. The van der Waals surface area contributed by atoms with Crippen LogP contribution in [0, 0.1) is 0 Å². The van der Waals surface area contributed by atoms with Crippen LogP contribution in [0.2, 0.25) is 5.02 Å². The number of hydrogen-bond acceptors (Lipinski definition) is 3. The minimum atomic E-state index is 0.0291. The highest BCUT2D eigenvalue weighted by molar-refractivity contribution is 6.30. The van der Waals surface area contributed by atoms with Gasteiger partial charge in [-0.1, -0.05) is 23.7 Å². The Hall–Kier alpha value is -2.33. The molecule has 1 aliphatic heterocycles. The minimum Gasteiger partial charge on any atom is -0.368 e. The molecular weight excluding hydrogens is 310 g/mol. The smallest absolute Gasteiger partial charge is 0.246 e. The largest absolute Gasteiger partial charge is 0.368 e. The number of halogens is 1. The van der Waals surface area contributed by atoms with E-state index in [1.54, 1.807) is 18.3 Å². The Bertz CT molecular complexity index is 694. The van der Waals surface area contributed by atoms with Crippen molar-refractivity contribution in [1.29, 1.82) is 0 Å². The second kappa shape index (κ2) is 7.29. The van der Waals surface area contributed by atoms with E-state index in [0.29, 0.717) is 13.1 Å². The van der Waals surface area contributed by atoms with E-state index in [2.05, 4.69) is 9.88 Å². The summed E-state index contributed by atoms with van der Waals surface area (Å²) in [4.78, 5) is 20.5. The molecule has 4 nitrogen and oxygen atoms in total. The number of piperazine rings is 1. The van der Waals surface area contributed by atoms with E-state index in [0.717, 1.165) is 29.5 Å². The van der Waals surface area contributed by atoms with E-state index in [4.69, 9.17) is 11.6 Å². The van der Waals surface area contributed by atoms with Crippen molar-refractivity contribution >= 4 is 29.3 Å². The molecule has 0 spiro atoms. The van der Waals surface area contributed by atoms with Crippen LogP contribution >= 0.6 is 11.6 Å². The van der Waals surface area contributed by atoms with Crippen LogP contribution in [0.4, 0.5) is 5.69 Å². The molecule has 1 saturated heterocycles. The van der Waals surface area contributed by atoms with Gasteiger partial charge < -0.3 is 9.80 Å². The highest BCUT2D eigenvalue weighted by Crippen LogP contribution is 2.20. The molecule has 1 fully saturated rings. The van der Waals surface area contributed by atoms with Gasteiger partial charge in [-0.05, 0) is 36.4 Å². The normalized spacial score (nSPS) is 15.2. The number of rotatable bonds is 3. The van der Waals surface area contributed by atoms with E-state index in [1.807, 2.05) is 47.4 Å². The van der Waals surface area contributed by atoms with Crippen molar-refractivity contribution in [3.8, 4) is 0 Å². The molecule has 2 aromatic rings. The summed E-state index contributed by atoms with van der Waals surface area (Å²) in [5, 5.41) is 0.735. The molecule has 2 heterocycles. The molecule has 0 bridgehead atoms. The fourth-order valence-corrected chi connectivity index (χ4v) is 2.78. The molecular formula is C18H18ClN3O. The first-order chi connectivity index (χ1) is 11.2. The molecule has 5 heteroatoms. The maximum absolute atomic E-state index is 12.2. The third kappa shape index (κ3) is 4.11. The predicted molar refractivity (Wildman–Crippen MR) is 93.5 cm³/mol. The SMILES string of the molecule is O=C(/C=C/c1ccccn1)N1CCN(c2cccc(Cl)c2)CC1. The van der Waals surface area contributed by atoms with Gasteiger partial charge in [0.25, 0.3) is 0 Å². The molecule has 0 radical (unpaired) electrons. The molecule has 1 amide bonds. The maximum Gasteiger partial charge on any atom is 0.246 e. The molecule has 0 aliphatic carbocycles. The van der Waals surface area contributed by atoms with Gasteiger partial charge in [0.15, 0.2) is 0 Å². The number of nitrogens with zero attached hydrogens (tertiary/aromatic N) is 3. The lowest BCUT2D eigenvalue weighted by molar-refractivity contribution is -0.126. The van der Waals surface area contributed by atoms with Crippen LogP contribution in [0.25, 0.3) is 6.08 Å². The van der Waals surface area contributed by atoms with Crippen molar-refractivity contribution in [2.24, 2.45) is 0 Å². The van der Waals surface area contributed by atoms with Crippen LogP contribution in [0.5, 0.6) is 0 Å². The molecule has 1 aromatic heterocycles. The zero-order chi connectivity index (χ0) is 16.1. The summed E-state index contributed by atoms with van der Waals surface area (Å²) in [6.45, 7) is 3.03. The number of pyridine rings is 1. The Morgan fingerprint density at radius 2 is 1.91 bits per heavy atom. The van der Waals surface area contributed by atoms with Gasteiger partial charge in [-0.25, -0.2) is 0 Å². The van der Waals surface area contributed by atoms with Crippen LogP contribution < -0.4 is 4.90 Å². The van der Waals surface area contributed by atoms with Gasteiger partial charge >= 0.3 is 0 Å². The van der Waals surface area contributed by atoms with E-state index in [1.165, 1.54) is 0 Å². The first-order valence-electron chi connectivity index (χ1n) is 7.61. The topological polar surface area (TPSA) is 36.4 Å². The zero-order valence-corrected chi connectivity index (χ0v) is 13.5. The molecule has 0 N–H and O–H groups in total. The Morgan fingerprint density at radius 1 is 1.09 bits per heavy atom. The first-order valence-corrected chi connectivity index (χ1v) is 7.99. The van der Waals surface area contributed by atoms with Gasteiger partial charge in [-0.3, -0.25) is 9.78 Å². The molecule has 0 saturated carbocycles. The van der Waals surface area contributed by atoms with Crippen molar-refractivity contribution < 1.29 is 4.79 Å². The van der Waals surface area contributed by atoms with E-state index < -0.39 is 0 Å². The van der Waals surface area contributed by atoms with Gasteiger partial charge in [0.2, 0.25) is 5.91 Å². The maximum atomic E-state index is 12.2. The monoisotopic (exact) mass is 327 g/mol. The number of anilines is 1. The summed E-state index contributed by atoms with van der Waals surface area (Å²) < 4.78 is 0. The number of carbonyl (C=O) groups is 1. The van der Waals surface area contributed by atoms with Crippen LogP contribution in [-0.2, 0) is 4.79 Å². The molecule has 1 aromatic carbocycles. The summed E-state index contributed by atoms with van der Waals surface area (Å²) in [6, 6.07) is 13.5. The number of carbonyl (C=O) groups excluding carboxylic acids is 1. The number of aromatic nitrogens is 1. The number of benzene rings is 1. The summed E-state index contributed by atoms with van der Waals surface area (Å²) in [6.07, 6.45) is 5.07. The second-order valence-electron chi connectivity index (χ2n) is 5.38. The molecule has 1 aliphatic rings. The molecule has 23 heavy (non-hydrogen) atoms. The van der Waals surface area contributed by atoms with E-state index >= 15 is 0 Å². The van der Waals surface area contributed by atoms with E-state index in [-0.39, 0.29) is 5.91 Å². The van der Waals surface area contributed by atoms with Crippen LogP contribution in [0.15, 0.2) is 54.7 Å². The quantitative estimate of drug-likeness (QED) is 0.813. The van der Waals surface area contributed by atoms with E-state index in [9.17, 15) is 4.79 Å². The van der Waals surface area contributed by atoms with Gasteiger partial charge in [0.05, 0.1) is 5.69 Å². The summed E-state index contributed by atoms with van der Waals surface area (Å²) in [5.41, 5.74) is 1.90. The van der Waals surface area contributed by atoms with Gasteiger partial charge in [-0.15, -0.1) is 0 Å². The molecule has 118 valence electrons. The van der Waals surface area contributed by atoms with Crippen molar-refractivity contribution in [3.05, 3.63) is 65.5 Å². The van der Waals surface area contributed by atoms with Crippen LogP contribution in [0.1, 0.15) is 5.69 Å². The molecule has 3 rings (SSSR count). The van der Waals surface area contributed by atoms with Crippen molar-refractivity contribution in [2.45, 2.75) is 0 Å². The van der Waals surface area contributed by atoms with Gasteiger partial charge in [0, 0.05) is 49.2 Å².